The minimum atomic E-state index is -1.20. The van der Waals surface area contributed by atoms with Crippen molar-refractivity contribution in [2.45, 2.75) is 13.0 Å². The fourth-order valence-electron chi connectivity index (χ4n) is 3.17. The molecule has 1 fully saturated rings. The van der Waals surface area contributed by atoms with Crippen molar-refractivity contribution in [3.8, 4) is 0 Å². The van der Waals surface area contributed by atoms with Gasteiger partial charge in [0.2, 0.25) is 0 Å². The number of hydrogen-bond donors (Lipinski definition) is 1. The van der Waals surface area contributed by atoms with Crippen LogP contribution >= 0.6 is 0 Å². The van der Waals surface area contributed by atoms with Crippen molar-refractivity contribution in [3.05, 3.63) is 63.7 Å². The molecule has 1 heterocycles. The smallest absolute Gasteiger partial charge is 0.339 e. The van der Waals surface area contributed by atoms with E-state index in [1.807, 2.05) is 12.1 Å². The molecule has 1 saturated heterocycles. The minimum absolute atomic E-state index is 0.184. The fraction of sp³-hybridized carbons (Fsp3) is 0.318. The molecular weight excluding hydrogens is 434 g/mol. The molecule has 1 aliphatic rings. The number of ether oxygens (including phenoxy) is 3. The van der Waals surface area contributed by atoms with Crippen LogP contribution in [0.5, 0.6) is 0 Å². The summed E-state index contributed by atoms with van der Waals surface area (Å²) in [4.78, 5) is 49.2. The first-order valence-electron chi connectivity index (χ1n) is 10.1. The number of carbonyl (C=O) groups excluding carboxylic acids is 3. The molecule has 0 saturated carbocycles. The average Bonchev–Trinajstić information content (AvgIpc) is 2.84. The normalized spacial score (nSPS) is 14.2. The lowest BCUT2D eigenvalue weighted by Gasteiger charge is -2.28. The van der Waals surface area contributed by atoms with E-state index in [4.69, 9.17) is 9.47 Å². The second kappa shape index (κ2) is 10.6. The number of morpholine rings is 1. The van der Waals surface area contributed by atoms with Gasteiger partial charge in [0.05, 0.1) is 36.4 Å². The Hall–Kier alpha value is -3.99. The van der Waals surface area contributed by atoms with E-state index in [0.29, 0.717) is 18.9 Å². The van der Waals surface area contributed by atoms with Gasteiger partial charge in [-0.3, -0.25) is 14.9 Å². The van der Waals surface area contributed by atoms with Crippen LogP contribution in [0.4, 0.5) is 17.1 Å². The van der Waals surface area contributed by atoms with Gasteiger partial charge in [-0.2, -0.15) is 0 Å². The number of esters is 2. The molecular formula is C22H23N3O8. The molecule has 0 bridgehead atoms. The Morgan fingerprint density at radius 3 is 2.24 bits per heavy atom. The van der Waals surface area contributed by atoms with E-state index < -0.39 is 34.6 Å². The number of non-ortho nitro benzene ring substituents is 1. The Kier molecular flexibility index (Phi) is 7.57. The molecule has 0 aromatic heterocycles. The Labute approximate surface area is 189 Å². The van der Waals surface area contributed by atoms with E-state index in [1.165, 1.54) is 6.92 Å². The Balaban J connectivity index is 1.64. The molecule has 174 valence electrons. The summed E-state index contributed by atoms with van der Waals surface area (Å²) in [6, 6.07) is 10.3. The van der Waals surface area contributed by atoms with Crippen molar-refractivity contribution in [2.24, 2.45) is 0 Å². The van der Waals surface area contributed by atoms with Gasteiger partial charge in [-0.15, -0.1) is 0 Å². The number of carbonyl (C=O) groups is 3. The van der Waals surface area contributed by atoms with Crippen LogP contribution in [0.25, 0.3) is 0 Å². The summed E-state index contributed by atoms with van der Waals surface area (Å²) in [5, 5.41) is 13.8. The van der Waals surface area contributed by atoms with Crippen LogP contribution in [0.15, 0.2) is 42.5 Å². The number of benzene rings is 2. The standard InChI is InChI=1S/C22H23N3O8/c1-14(20(26)23-17-3-5-18(6-4-17)24-7-9-32-10-8-24)33-22(28)16-11-15(21(27)31-2)12-19(13-16)25(29)30/h3-6,11-14H,7-10H2,1-2H3,(H,23,26)/t14-/m0/s1. The van der Waals surface area contributed by atoms with Crippen LogP contribution in [0, 0.1) is 10.1 Å². The number of nitro groups is 1. The van der Waals surface area contributed by atoms with Crippen LogP contribution in [0.2, 0.25) is 0 Å². The molecule has 1 N–H and O–H groups in total. The number of anilines is 2. The van der Waals surface area contributed by atoms with Crippen molar-refractivity contribution in [3.63, 3.8) is 0 Å². The van der Waals surface area contributed by atoms with Crippen molar-refractivity contribution >= 4 is 34.9 Å². The summed E-state index contributed by atoms with van der Waals surface area (Å²) in [6.45, 7) is 4.26. The average molecular weight is 457 g/mol. The molecule has 1 aliphatic heterocycles. The van der Waals surface area contributed by atoms with Crippen LogP contribution in [-0.4, -0.2) is 62.3 Å². The first kappa shape index (κ1) is 23.7. The predicted octanol–water partition coefficient (Wildman–Crippen LogP) is 2.40. The van der Waals surface area contributed by atoms with Crippen molar-refractivity contribution in [1.82, 2.24) is 0 Å². The zero-order chi connectivity index (χ0) is 24.0. The Bertz CT molecular complexity index is 1050. The molecule has 3 rings (SSSR count). The number of amides is 1. The quantitative estimate of drug-likeness (QED) is 0.377. The summed E-state index contributed by atoms with van der Waals surface area (Å²) in [7, 11) is 1.11. The third kappa shape index (κ3) is 6.04. The summed E-state index contributed by atoms with van der Waals surface area (Å²) in [5.74, 6) is -2.42. The van der Waals surface area contributed by atoms with Gasteiger partial charge in [0.15, 0.2) is 6.10 Å². The van der Waals surface area contributed by atoms with Crippen LogP contribution in [-0.2, 0) is 19.0 Å². The van der Waals surface area contributed by atoms with Crippen molar-refractivity contribution in [2.75, 3.05) is 43.6 Å². The fourth-order valence-corrected chi connectivity index (χ4v) is 3.17. The maximum absolute atomic E-state index is 12.5. The lowest BCUT2D eigenvalue weighted by atomic mass is 10.1. The maximum atomic E-state index is 12.5. The number of nitrogens with one attached hydrogen (secondary N) is 1. The highest BCUT2D eigenvalue weighted by atomic mass is 16.6. The highest BCUT2D eigenvalue weighted by molar-refractivity contribution is 5.99. The van der Waals surface area contributed by atoms with E-state index in [9.17, 15) is 24.5 Å². The van der Waals surface area contributed by atoms with Gasteiger partial charge in [-0.05, 0) is 37.3 Å². The molecule has 2 aromatic rings. The molecule has 1 amide bonds. The summed E-state index contributed by atoms with van der Waals surface area (Å²) in [6.07, 6.45) is -1.20. The second-order valence-corrected chi connectivity index (χ2v) is 7.20. The third-order valence-corrected chi connectivity index (χ3v) is 4.95. The van der Waals surface area contributed by atoms with Gasteiger partial charge in [-0.25, -0.2) is 9.59 Å². The van der Waals surface area contributed by atoms with Crippen LogP contribution < -0.4 is 10.2 Å². The van der Waals surface area contributed by atoms with Gasteiger partial charge in [0.1, 0.15) is 0 Å². The SMILES string of the molecule is COC(=O)c1cc(C(=O)O[C@@H](C)C(=O)Nc2ccc(N3CCOCC3)cc2)cc([N+](=O)[O-])c1. The van der Waals surface area contributed by atoms with Gasteiger partial charge in [-0.1, -0.05) is 0 Å². The number of nitrogens with zero attached hydrogens (tertiary/aromatic N) is 2. The van der Waals surface area contributed by atoms with Gasteiger partial charge < -0.3 is 24.4 Å². The largest absolute Gasteiger partial charge is 0.465 e. The molecule has 2 aromatic carbocycles. The first-order valence-corrected chi connectivity index (χ1v) is 10.1. The maximum Gasteiger partial charge on any atom is 0.339 e. The van der Waals surface area contributed by atoms with E-state index in [1.54, 1.807) is 12.1 Å². The molecule has 1 atom stereocenters. The summed E-state index contributed by atoms with van der Waals surface area (Å²) >= 11 is 0. The van der Waals surface area contributed by atoms with Gasteiger partial charge >= 0.3 is 11.9 Å². The van der Waals surface area contributed by atoms with Gasteiger partial charge in [0, 0.05) is 36.6 Å². The van der Waals surface area contributed by atoms with Crippen molar-refractivity contribution in [1.29, 1.82) is 0 Å². The lowest BCUT2D eigenvalue weighted by molar-refractivity contribution is -0.384. The Morgan fingerprint density at radius 2 is 1.67 bits per heavy atom. The molecule has 11 heteroatoms. The molecule has 0 spiro atoms. The molecule has 0 unspecified atom stereocenters. The second-order valence-electron chi connectivity index (χ2n) is 7.20. The number of hydrogen-bond acceptors (Lipinski definition) is 9. The summed E-state index contributed by atoms with van der Waals surface area (Å²) in [5.41, 5.74) is 0.601. The number of methoxy groups -OCH3 is 1. The molecule has 11 nitrogen and oxygen atoms in total. The number of nitro benzene ring substituents is 1. The topological polar surface area (TPSA) is 137 Å². The van der Waals surface area contributed by atoms with E-state index in [0.717, 1.165) is 44.1 Å². The van der Waals surface area contributed by atoms with Crippen LogP contribution in [0.3, 0.4) is 0 Å². The predicted molar refractivity (Wildman–Crippen MR) is 117 cm³/mol. The zero-order valence-electron chi connectivity index (χ0n) is 18.1. The number of rotatable bonds is 7. The van der Waals surface area contributed by atoms with Gasteiger partial charge in [0.25, 0.3) is 11.6 Å². The van der Waals surface area contributed by atoms with E-state index in [-0.39, 0.29) is 11.1 Å². The molecule has 0 aliphatic carbocycles. The monoisotopic (exact) mass is 457 g/mol. The molecule has 33 heavy (non-hydrogen) atoms. The zero-order valence-corrected chi connectivity index (χ0v) is 18.1. The summed E-state index contributed by atoms with van der Waals surface area (Å²) < 4.78 is 15.0. The highest BCUT2D eigenvalue weighted by Gasteiger charge is 2.23. The molecule has 0 radical (unpaired) electrons. The minimum Gasteiger partial charge on any atom is -0.465 e. The first-order chi connectivity index (χ1) is 15.8. The lowest BCUT2D eigenvalue weighted by Crippen LogP contribution is -2.36. The highest BCUT2D eigenvalue weighted by Crippen LogP contribution is 2.21. The van der Waals surface area contributed by atoms with Crippen LogP contribution in [0.1, 0.15) is 27.6 Å². The van der Waals surface area contributed by atoms with Crippen molar-refractivity contribution < 1.29 is 33.5 Å². The van der Waals surface area contributed by atoms with E-state index in [2.05, 4.69) is 15.0 Å². The Morgan fingerprint density at radius 1 is 1.06 bits per heavy atom. The third-order valence-electron chi connectivity index (χ3n) is 4.95. The van der Waals surface area contributed by atoms with E-state index >= 15 is 0 Å².